The van der Waals surface area contributed by atoms with Crippen LogP contribution in [0.15, 0.2) is 304 Å². The Hall–Kier alpha value is -9.85. The molecule has 0 atom stereocenters. The van der Waals surface area contributed by atoms with Crippen molar-refractivity contribution in [2.75, 3.05) is 0 Å². The average Bonchev–Trinajstić information content (AvgIpc) is 0.778. The van der Waals surface area contributed by atoms with Gasteiger partial charge in [-0.1, -0.05) is 208 Å². The molecule has 0 fully saturated rings. The number of allylic oxidation sites excluding steroid dienone is 2. The van der Waals surface area contributed by atoms with Crippen LogP contribution in [-0.2, 0) is 78.0 Å². The van der Waals surface area contributed by atoms with E-state index < -0.39 is 0 Å². The minimum absolute atomic E-state index is 0. The summed E-state index contributed by atoms with van der Waals surface area (Å²) in [5.74, 6) is 2.25. The summed E-state index contributed by atoms with van der Waals surface area (Å²) in [6.45, 7) is 25.4. The number of fused-ring (bicyclic) bond motifs is 1. The fourth-order valence-electron chi connectivity index (χ4n) is 11.9. The summed E-state index contributed by atoms with van der Waals surface area (Å²) in [4.78, 5) is 33.7. The Morgan fingerprint density at radius 2 is 0.855 bits per heavy atom. The van der Waals surface area contributed by atoms with Crippen molar-refractivity contribution in [2.24, 2.45) is 23.7 Å². The molecular formula is C100H98Ir3N5O2-5. The second kappa shape index (κ2) is 46.6. The SMILES string of the molecule is CC(C)CC(=O)C=C(O)CC(C)C.CC(C)Cc1ccc(-c2ccnc(-c3[c-]cccc3)c2)cc1.Cc1[c-]c(-c2cc(CC(C)C)c3cc(-c4ccc(C)cc4)ccc3n2)cc(C)c1.Cc1ccc(-c2[c-]cccc2)nc1.[Ir].[Ir].[Ir].[c-]1ccccc1-c1ccc(-c2ccccc2)cn1.[c-]1ccccc1-c1ccccn1. The average molecular weight is 1980 g/mol. The predicted octanol–water partition coefficient (Wildman–Crippen LogP) is 25.6. The zero-order valence-electron chi connectivity index (χ0n) is 65.0. The van der Waals surface area contributed by atoms with Crippen LogP contribution < -0.4 is 0 Å². The van der Waals surface area contributed by atoms with Crippen LogP contribution in [0, 0.1) is 81.7 Å². The number of hydrogen-bond acceptors (Lipinski definition) is 7. The molecule has 0 aliphatic heterocycles. The van der Waals surface area contributed by atoms with Crippen molar-refractivity contribution in [1.29, 1.82) is 0 Å². The number of nitrogens with zero attached hydrogens (tertiary/aromatic N) is 5. The maximum atomic E-state index is 11.2. The summed E-state index contributed by atoms with van der Waals surface area (Å²) in [5.41, 5.74) is 26.0. The normalized spacial score (nSPS) is 10.6. The van der Waals surface area contributed by atoms with Crippen LogP contribution in [0.2, 0.25) is 0 Å². The Balaban J connectivity index is 0.000000211. The Morgan fingerprint density at radius 3 is 1.35 bits per heavy atom. The molecule has 0 aliphatic rings. The Labute approximate surface area is 695 Å². The van der Waals surface area contributed by atoms with Crippen LogP contribution >= 0.6 is 0 Å². The first-order valence-electron chi connectivity index (χ1n) is 37.0. The quantitative estimate of drug-likeness (QED) is 0.0550. The molecule has 0 amide bonds. The van der Waals surface area contributed by atoms with Gasteiger partial charge in [0.1, 0.15) is 0 Å². The van der Waals surface area contributed by atoms with E-state index in [1.165, 1.54) is 67.1 Å². The van der Waals surface area contributed by atoms with E-state index in [4.69, 9.17) is 4.98 Å². The summed E-state index contributed by atoms with van der Waals surface area (Å²) in [6, 6.07) is 107. The molecule has 0 spiro atoms. The Morgan fingerprint density at radius 1 is 0.373 bits per heavy atom. The van der Waals surface area contributed by atoms with Crippen molar-refractivity contribution in [1.82, 2.24) is 24.9 Å². The fourth-order valence-corrected chi connectivity index (χ4v) is 11.9. The number of rotatable bonds is 17. The van der Waals surface area contributed by atoms with E-state index in [0.29, 0.717) is 36.5 Å². The molecule has 5 heterocycles. The van der Waals surface area contributed by atoms with Crippen LogP contribution in [0.1, 0.15) is 102 Å². The third-order valence-electron chi connectivity index (χ3n) is 17.0. The number of aromatic nitrogens is 5. The molecule has 567 valence electrons. The molecule has 110 heavy (non-hydrogen) atoms. The minimum Gasteiger partial charge on any atom is -0.512 e. The summed E-state index contributed by atoms with van der Waals surface area (Å²) < 4.78 is 0. The van der Waals surface area contributed by atoms with Gasteiger partial charge in [0.05, 0.1) is 11.3 Å². The van der Waals surface area contributed by atoms with Gasteiger partial charge in [-0.2, -0.15) is 0 Å². The Kier molecular flexibility index (Phi) is 37.7. The van der Waals surface area contributed by atoms with Crippen molar-refractivity contribution in [3.63, 3.8) is 0 Å². The molecule has 14 aromatic rings. The topological polar surface area (TPSA) is 102 Å². The van der Waals surface area contributed by atoms with E-state index in [0.717, 1.165) is 85.8 Å². The van der Waals surface area contributed by atoms with E-state index in [1.807, 2.05) is 199 Å². The van der Waals surface area contributed by atoms with Crippen molar-refractivity contribution in [3.05, 3.63) is 367 Å². The van der Waals surface area contributed by atoms with E-state index >= 15 is 0 Å². The number of hydrogen-bond donors (Lipinski definition) is 1. The van der Waals surface area contributed by atoms with Gasteiger partial charge in [0, 0.05) is 109 Å². The summed E-state index contributed by atoms with van der Waals surface area (Å²) >= 11 is 0. The number of carbonyl (C=O) groups excluding carboxylic acids is 1. The van der Waals surface area contributed by atoms with Crippen LogP contribution in [-0.4, -0.2) is 35.8 Å². The number of carbonyl (C=O) groups is 1. The van der Waals surface area contributed by atoms with Crippen molar-refractivity contribution in [2.45, 2.75) is 109 Å². The molecule has 9 aromatic carbocycles. The van der Waals surface area contributed by atoms with Crippen molar-refractivity contribution in [3.8, 4) is 89.7 Å². The van der Waals surface area contributed by atoms with Crippen LogP contribution in [0.4, 0.5) is 0 Å². The number of pyridine rings is 5. The summed E-state index contributed by atoms with van der Waals surface area (Å²) in [5, 5.41) is 10.6. The van der Waals surface area contributed by atoms with Gasteiger partial charge < -0.3 is 25.0 Å². The van der Waals surface area contributed by atoms with E-state index in [9.17, 15) is 9.90 Å². The van der Waals surface area contributed by atoms with Crippen molar-refractivity contribution >= 4 is 16.7 Å². The van der Waals surface area contributed by atoms with Crippen molar-refractivity contribution < 1.29 is 70.2 Å². The van der Waals surface area contributed by atoms with E-state index in [-0.39, 0.29) is 71.9 Å². The third kappa shape index (κ3) is 29.5. The standard InChI is InChI=1S/C28H28N.C21H20N.C17H12N.C12H10N.C11H8N.C11H20O2.3Ir/c1-18(2)12-24-17-28(25-14-20(4)13-21(5)15-25)29-27-11-10-23(16-26(24)27)22-8-6-19(3)7-9-22;1-16(2)14-17-8-10-18(11-9-17)20-12-13-22-21(15-20)19-6-4-3-5-7-19;1-3-7-14(8-4-1)16-11-12-17(18-13-16)15-9-5-2-6-10-15;1-10-7-8-12(13-9-10)11-5-3-2-4-6-11;1-2-6-10(7-3-1)11-8-4-5-9-12-11;1-8(2)5-10(12)7-11(13)6-9(3)4;;;/h6-11,13-14,16-18H,12H2,1-5H3;3-6,8-13,15-16H,14H2,1-2H3;1-9,11-13H;2-5,7-9H,1H3;1-6,8-9H;7-9,12H,5-6H2,1-4H3;;;/q5*-1;;;;. The molecule has 5 aromatic heterocycles. The summed E-state index contributed by atoms with van der Waals surface area (Å²) in [7, 11) is 0. The molecule has 0 bridgehead atoms. The fraction of sp³-hybridized carbons (Fsp3) is 0.200. The van der Waals surface area contributed by atoms with Gasteiger partial charge in [0.15, 0.2) is 5.78 Å². The van der Waals surface area contributed by atoms with E-state index in [2.05, 4.69) is 220 Å². The third-order valence-corrected chi connectivity index (χ3v) is 17.0. The molecule has 0 saturated heterocycles. The molecule has 0 unspecified atom stereocenters. The smallest absolute Gasteiger partial charge is 0.159 e. The van der Waals surface area contributed by atoms with Gasteiger partial charge in [-0.05, 0) is 153 Å². The first-order chi connectivity index (χ1) is 51.8. The van der Waals surface area contributed by atoms with Gasteiger partial charge in [-0.3, -0.25) is 9.78 Å². The predicted molar refractivity (Wildman–Crippen MR) is 447 cm³/mol. The molecule has 0 saturated carbocycles. The van der Waals surface area contributed by atoms with Gasteiger partial charge in [-0.15, -0.1) is 178 Å². The maximum Gasteiger partial charge on any atom is 0.159 e. The molecular weight excluding hydrogens is 1880 g/mol. The molecule has 0 aliphatic carbocycles. The monoisotopic (exact) mass is 1980 g/mol. The molecule has 3 radical (unpaired) electrons. The molecule has 1 N–H and O–H groups in total. The van der Waals surface area contributed by atoms with Gasteiger partial charge in [-0.25, -0.2) is 0 Å². The van der Waals surface area contributed by atoms with Gasteiger partial charge >= 0.3 is 0 Å². The largest absolute Gasteiger partial charge is 0.512 e. The van der Waals surface area contributed by atoms with Crippen LogP contribution in [0.25, 0.3) is 101 Å². The summed E-state index contributed by atoms with van der Waals surface area (Å²) in [6.07, 6.45) is 12.1. The van der Waals surface area contributed by atoms with E-state index in [1.54, 1.807) is 6.20 Å². The van der Waals surface area contributed by atoms with Gasteiger partial charge in [0.25, 0.3) is 0 Å². The number of aliphatic hydroxyl groups is 1. The number of benzene rings is 9. The van der Waals surface area contributed by atoms with Crippen LogP contribution in [0.5, 0.6) is 0 Å². The second-order valence-corrected chi connectivity index (χ2v) is 28.5. The molecule has 7 nitrogen and oxygen atoms in total. The maximum absolute atomic E-state index is 11.2. The number of ketones is 1. The first kappa shape index (κ1) is 89.0. The minimum atomic E-state index is 0. The molecule has 10 heteroatoms. The Bertz CT molecular complexity index is 4890. The van der Waals surface area contributed by atoms with Gasteiger partial charge in [0.2, 0.25) is 0 Å². The number of aliphatic hydroxyl groups excluding tert-OH is 1. The molecule has 14 rings (SSSR count). The zero-order chi connectivity index (χ0) is 75.9. The number of aryl methyl sites for hydroxylation is 4. The first-order valence-corrected chi connectivity index (χ1v) is 37.0. The zero-order valence-corrected chi connectivity index (χ0v) is 72.2. The second-order valence-electron chi connectivity index (χ2n) is 28.5. The van der Waals surface area contributed by atoms with Crippen LogP contribution in [0.3, 0.4) is 0 Å².